The van der Waals surface area contributed by atoms with Gasteiger partial charge in [-0.2, -0.15) is 0 Å². The van der Waals surface area contributed by atoms with Crippen molar-refractivity contribution in [2.75, 3.05) is 11.4 Å². The molecule has 0 aliphatic heterocycles. The summed E-state index contributed by atoms with van der Waals surface area (Å²) in [7, 11) is -2.33. The third-order valence-corrected chi connectivity index (χ3v) is 6.47. The molecule has 9 heteroatoms. The Kier molecular flexibility index (Phi) is 7.34. The number of para-hydroxylation sites is 1. The Labute approximate surface area is 193 Å². The first kappa shape index (κ1) is 23.8. The molecule has 0 radical (unpaired) electrons. The highest BCUT2D eigenvalue weighted by Crippen LogP contribution is 2.22. The van der Waals surface area contributed by atoms with Gasteiger partial charge >= 0.3 is 0 Å². The van der Waals surface area contributed by atoms with Crippen LogP contribution in [0.2, 0.25) is 0 Å². The topological polar surface area (TPSA) is 105 Å². The highest BCUT2D eigenvalue weighted by Gasteiger charge is 2.21. The molecule has 0 aliphatic rings. The fraction of sp³-hybridized carbons (Fsp3) is 0.167. The van der Waals surface area contributed by atoms with Crippen molar-refractivity contribution in [3.63, 3.8) is 0 Å². The van der Waals surface area contributed by atoms with Crippen LogP contribution in [0.25, 0.3) is 0 Å². The van der Waals surface area contributed by atoms with Crippen molar-refractivity contribution in [2.24, 2.45) is 0 Å². The van der Waals surface area contributed by atoms with Gasteiger partial charge in [0, 0.05) is 18.2 Å². The lowest BCUT2D eigenvalue weighted by molar-refractivity contribution is 0.0846. The third kappa shape index (κ3) is 5.89. The van der Waals surface area contributed by atoms with Crippen LogP contribution in [0.5, 0.6) is 5.75 Å². The molecule has 0 saturated carbocycles. The van der Waals surface area contributed by atoms with E-state index in [9.17, 15) is 18.0 Å². The van der Waals surface area contributed by atoms with Crippen molar-refractivity contribution in [2.45, 2.75) is 24.8 Å². The Balaban J connectivity index is 1.61. The van der Waals surface area contributed by atoms with E-state index in [-0.39, 0.29) is 16.6 Å². The van der Waals surface area contributed by atoms with Gasteiger partial charge in [0.05, 0.1) is 16.7 Å². The van der Waals surface area contributed by atoms with Crippen molar-refractivity contribution in [1.29, 1.82) is 0 Å². The second-order valence-corrected chi connectivity index (χ2v) is 9.40. The minimum atomic E-state index is -3.79. The maximum atomic E-state index is 12.8. The van der Waals surface area contributed by atoms with Crippen LogP contribution in [0.3, 0.4) is 0 Å². The molecule has 0 aromatic heterocycles. The molecule has 0 spiro atoms. The molecule has 0 saturated heterocycles. The van der Waals surface area contributed by atoms with Crippen molar-refractivity contribution in [3.8, 4) is 5.75 Å². The van der Waals surface area contributed by atoms with E-state index in [1.807, 2.05) is 13.8 Å². The summed E-state index contributed by atoms with van der Waals surface area (Å²) in [6.07, 6.45) is 0.0177. The summed E-state index contributed by atoms with van der Waals surface area (Å²) in [5.74, 6) is -0.440. The minimum absolute atomic E-state index is 0.0177. The fourth-order valence-corrected chi connectivity index (χ4v) is 4.12. The highest BCUT2D eigenvalue weighted by atomic mass is 32.2. The fourth-order valence-electron chi connectivity index (χ4n) is 2.93. The lowest BCUT2D eigenvalue weighted by Crippen LogP contribution is -2.41. The Hall–Kier alpha value is -3.85. The third-order valence-electron chi connectivity index (χ3n) is 4.67. The van der Waals surface area contributed by atoms with Gasteiger partial charge in [-0.1, -0.05) is 18.2 Å². The summed E-state index contributed by atoms with van der Waals surface area (Å²) in [4.78, 5) is 24.7. The summed E-state index contributed by atoms with van der Waals surface area (Å²) >= 11 is 0. The molecule has 0 fully saturated rings. The zero-order chi connectivity index (χ0) is 24.0. The van der Waals surface area contributed by atoms with Crippen LogP contribution in [-0.2, 0) is 10.0 Å². The first-order chi connectivity index (χ1) is 15.7. The van der Waals surface area contributed by atoms with Gasteiger partial charge < -0.3 is 4.74 Å². The molecule has 3 rings (SSSR count). The summed E-state index contributed by atoms with van der Waals surface area (Å²) < 4.78 is 32.4. The van der Waals surface area contributed by atoms with Gasteiger partial charge in [0.1, 0.15) is 5.75 Å². The van der Waals surface area contributed by atoms with Crippen molar-refractivity contribution >= 4 is 27.5 Å². The molecule has 0 aliphatic carbocycles. The molecular weight excluding hydrogens is 442 g/mol. The van der Waals surface area contributed by atoms with Crippen molar-refractivity contribution < 1.29 is 22.7 Å². The van der Waals surface area contributed by atoms with E-state index in [0.29, 0.717) is 17.0 Å². The van der Waals surface area contributed by atoms with E-state index in [4.69, 9.17) is 4.74 Å². The van der Waals surface area contributed by atoms with Gasteiger partial charge in [-0.25, -0.2) is 8.42 Å². The van der Waals surface area contributed by atoms with Gasteiger partial charge in [-0.05, 0) is 74.5 Å². The molecule has 172 valence electrons. The van der Waals surface area contributed by atoms with E-state index >= 15 is 0 Å². The second-order valence-electron chi connectivity index (χ2n) is 7.43. The van der Waals surface area contributed by atoms with Gasteiger partial charge in [0.25, 0.3) is 21.8 Å². The number of carbonyl (C=O) groups is 2. The largest absolute Gasteiger partial charge is 0.491 e. The van der Waals surface area contributed by atoms with Crippen LogP contribution in [0.1, 0.15) is 34.6 Å². The van der Waals surface area contributed by atoms with Gasteiger partial charge in [-0.15, -0.1) is 0 Å². The van der Waals surface area contributed by atoms with Crippen LogP contribution in [0.15, 0.2) is 83.8 Å². The van der Waals surface area contributed by atoms with Gasteiger partial charge in [-0.3, -0.25) is 24.7 Å². The zero-order valence-corrected chi connectivity index (χ0v) is 19.3. The second kappa shape index (κ2) is 10.2. The number of hydrogen-bond acceptors (Lipinski definition) is 5. The lowest BCUT2D eigenvalue weighted by Gasteiger charge is -2.19. The number of benzene rings is 3. The SMILES string of the molecule is CC(C)Oc1ccc(C(=O)NNC(=O)c2ccc(S(=O)(=O)N(C)c3ccccc3)cc2)cc1. The molecule has 2 N–H and O–H groups in total. The van der Waals surface area contributed by atoms with Crippen LogP contribution in [0.4, 0.5) is 5.69 Å². The molecular formula is C24H25N3O5S. The number of hydrogen-bond donors (Lipinski definition) is 2. The normalized spacial score (nSPS) is 11.0. The number of amides is 2. The number of carbonyl (C=O) groups excluding carboxylic acids is 2. The summed E-state index contributed by atoms with van der Waals surface area (Å²) in [6.45, 7) is 3.80. The summed E-state index contributed by atoms with van der Waals surface area (Å²) in [5.41, 5.74) is 5.71. The number of ether oxygens (including phenoxy) is 1. The number of nitrogens with one attached hydrogen (secondary N) is 2. The summed E-state index contributed by atoms with van der Waals surface area (Å²) in [6, 6.07) is 20.6. The highest BCUT2D eigenvalue weighted by molar-refractivity contribution is 7.92. The average Bonchev–Trinajstić information content (AvgIpc) is 2.82. The molecule has 0 atom stereocenters. The molecule has 2 amide bonds. The standard InChI is InChI=1S/C24H25N3O5S/c1-17(2)32-21-13-9-18(10-14-21)23(28)25-26-24(29)19-11-15-22(16-12-19)33(30,31)27(3)20-7-5-4-6-8-20/h4-17H,1-3H3,(H,25,28)(H,26,29). The Morgan fingerprint density at radius 1 is 0.788 bits per heavy atom. The van der Waals surface area contributed by atoms with Gasteiger partial charge in [0.15, 0.2) is 0 Å². The van der Waals surface area contributed by atoms with Gasteiger partial charge in [0.2, 0.25) is 0 Å². The van der Waals surface area contributed by atoms with Crippen molar-refractivity contribution in [3.05, 3.63) is 90.0 Å². The monoisotopic (exact) mass is 467 g/mol. The molecule has 0 unspecified atom stereocenters. The van der Waals surface area contributed by atoms with E-state index in [0.717, 1.165) is 0 Å². The predicted molar refractivity (Wildman–Crippen MR) is 126 cm³/mol. The zero-order valence-electron chi connectivity index (χ0n) is 18.5. The van der Waals surface area contributed by atoms with Crippen LogP contribution < -0.4 is 19.9 Å². The molecule has 3 aromatic carbocycles. The Bertz CT molecular complexity index is 1210. The van der Waals surface area contributed by atoms with Crippen LogP contribution in [0, 0.1) is 0 Å². The maximum absolute atomic E-state index is 12.8. The Morgan fingerprint density at radius 2 is 1.27 bits per heavy atom. The Morgan fingerprint density at radius 3 is 1.76 bits per heavy atom. The number of nitrogens with zero attached hydrogens (tertiary/aromatic N) is 1. The van der Waals surface area contributed by atoms with E-state index < -0.39 is 21.8 Å². The summed E-state index contributed by atoms with van der Waals surface area (Å²) in [5, 5.41) is 0. The lowest BCUT2D eigenvalue weighted by atomic mass is 10.2. The number of sulfonamides is 1. The maximum Gasteiger partial charge on any atom is 0.269 e. The molecule has 8 nitrogen and oxygen atoms in total. The average molecular weight is 468 g/mol. The molecule has 3 aromatic rings. The van der Waals surface area contributed by atoms with E-state index in [1.54, 1.807) is 54.6 Å². The minimum Gasteiger partial charge on any atom is -0.491 e. The first-order valence-corrected chi connectivity index (χ1v) is 11.6. The van der Waals surface area contributed by atoms with Crippen LogP contribution in [-0.4, -0.2) is 33.4 Å². The molecule has 33 heavy (non-hydrogen) atoms. The quantitative estimate of drug-likeness (QED) is 0.519. The van der Waals surface area contributed by atoms with E-state index in [1.165, 1.54) is 35.6 Å². The van der Waals surface area contributed by atoms with E-state index in [2.05, 4.69) is 10.9 Å². The number of anilines is 1. The number of hydrazine groups is 1. The van der Waals surface area contributed by atoms with Crippen LogP contribution >= 0.6 is 0 Å². The smallest absolute Gasteiger partial charge is 0.269 e. The predicted octanol–water partition coefficient (Wildman–Crippen LogP) is 3.37. The first-order valence-electron chi connectivity index (χ1n) is 10.2. The molecule has 0 bridgehead atoms. The number of rotatable bonds is 7. The molecule has 0 heterocycles. The van der Waals surface area contributed by atoms with Crippen molar-refractivity contribution in [1.82, 2.24) is 10.9 Å².